The zero-order valence-corrected chi connectivity index (χ0v) is 10.4. The van der Waals surface area contributed by atoms with Crippen molar-refractivity contribution in [2.24, 2.45) is 5.41 Å². The second-order valence-corrected chi connectivity index (χ2v) is 5.40. The van der Waals surface area contributed by atoms with Crippen LogP contribution in [0.4, 0.5) is 0 Å². The molecule has 1 aliphatic heterocycles. The topological polar surface area (TPSA) is 15.3 Å². The monoisotopic (exact) mass is 198 g/mol. The molecule has 1 aliphatic rings. The van der Waals surface area contributed by atoms with E-state index < -0.39 is 0 Å². The molecule has 1 heterocycles. The van der Waals surface area contributed by atoms with Gasteiger partial charge < -0.3 is 10.2 Å². The summed E-state index contributed by atoms with van der Waals surface area (Å²) in [6.07, 6.45) is 2.65. The summed E-state index contributed by atoms with van der Waals surface area (Å²) in [4.78, 5) is 2.44. The van der Waals surface area contributed by atoms with Crippen molar-refractivity contribution in [2.75, 3.05) is 20.1 Å². The smallest absolute Gasteiger partial charge is 0.00935 e. The van der Waals surface area contributed by atoms with Gasteiger partial charge in [-0.1, -0.05) is 6.92 Å². The largest absolute Gasteiger partial charge is 0.314 e. The fraction of sp³-hybridized carbons (Fsp3) is 1.00. The first-order chi connectivity index (χ1) is 6.46. The van der Waals surface area contributed by atoms with Gasteiger partial charge in [-0.05, 0) is 59.2 Å². The average Bonchev–Trinajstić information content (AvgIpc) is 2.44. The van der Waals surface area contributed by atoms with E-state index in [2.05, 4.69) is 45.0 Å². The second kappa shape index (κ2) is 4.63. The molecule has 2 heteroatoms. The molecule has 0 saturated carbocycles. The van der Waals surface area contributed by atoms with E-state index in [9.17, 15) is 0 Å². The zero-order valence-electron chi connectivity index (χ0n) is 10.4. The van der Waals surface area contributed by atoms with Crippen molar-refractivity contribution in [1.82, 2.24) is 10.2 Å². The molecular formula is C12H26N2. The van der Waals surface area contributed by atoms with Gasteiger partial charge in [-0.3, -0.25) is 0 Å². The lowest BCUT2D eigenvalue weighted by atomic mass is 9.80. The van der Waals surface area contributed by atoms with Crippen LogP contribution < -0.4 is 5.32 Å². The van der Waals surface area contributed by atoms with Gasteiger partial charge in [-0.2, -0.15) is 0 Å². The number of nitrogens with one attached hydrogen (secondary N) is 1. The molecular weight excluding hydrogens is 172 g/mol. The molecule has 1 rings (SSSR count). The van der Waals surface area contributed by atoms with Crippen LogP contribution in [0.15, 0.2) is 0 Å². The minimum Gasteiger partial charge on any atom is -0.314 e. The van der Waals surface area contributed by atoms with Crippen LogP contribution in [0, 0.1) is 5.41 Å². The van der Waals surface area contributed by atoms with E-state index in [1.807, 2.05) is 0 Å². The molecule has 2 atom stereocenters. The Morgan fingerprint density at radius 2 is 2.14 bits per heavy atom. The van der Waals surface area contributed by atoms with Crippen molar-refractivity contribution >= 4 is 0 Å². The predicted octanol–water partition coefficient (Wildman–Crippen LogP) is 2.10. The van der Waals surface area contributed by atoms with E-state index in [1.165, 1.54) is 25.9 Å². The van der Waals surface area contributed by atoms with Crippen LogP contribution in [-0.2, 0) is 0 Å². The Labute approximate surface area is 89.1 Å². The Morgan fingerprint density at radius 3 is 2.57 bits per heavy atom. The van der Waals surface area contributed by atoms with Crippen molar-refractivity contribution in [3.05, 3.63) is 0 Å². The summed E-state index contributed by atoms with van der Waals surface area (Å²) >= 11 is 0. The lowest BCUT2D eigenvalue weighted by Gasteiger charge is -2.32. The van der Waals surface area contributed by atoms with E-state index in [-0.39, 0.29) is 0 Å². The highest BCUT2D eigenvalue weighted by atomic mass is 15.1. The second-order valence-electron chi connectivity index (χ2n) is 5.40. The highest BCUT2D eigenvalue weighted by Gasteiger charge is 2.35. The van der Waals surface area contributed by atoms with E-state index in [4.69, 9.17) is 0 Å². The molecule has 2 unspecified atom stereocenters. The van der Waals surface area contributed by atoms with Crippen LogP contribution in [0.2, 0.25) is 0 Å². The summed E-state index contributed by atoms with van der Waals surface area (Å²) in [5.41, 5.74) is 0.517. The molecule has 1 saturated heterocycles. The van der Waals surface area contributed by atoms with Gasteiger partial charge >= 0.3 is 0 Å². The summed E-state index contributed by atoms with van der Waals surface area (Å²) in [6.45, 7) is 11.7. The Kier molecular flexibility index (Phi) is 3.96. The zero-order chi connectivity index (χ0) is 10.8. The first kappa shape index (κ1) is 12.0. The quantitative estimate of drug-likeness (QED) is 0.744. The Morgan fingerprint density at radius 1 is 1.50 bits per heavy atom. The van der Waals surface area contributed by atoms with E-state index >= 15 is 0 Å². The van der Waals surface area contributed by atoms with Gasteiger partial charge in [0.1, 0.15) is 0 Å². The molecule has 0 aromatic rings. The van der Waals surface area contributed by atoms with Gasteiger partial charge in [-0.25, -0.2) is 0 Å². The van der Waals surface area contributed by atoms with Crippen LogP contribution in [0.25, 0.3) is 0 Å². The minimum absolute atomic E-state index is 0.517. The number of nitrogens with zero attached hydrogens (tertiary/aromatic N) is 1. The molecule has 14 heavy (non-hydrogen) atoms. The molecule has 0 amide bonds. The van der Waals surface area contributed by atoms with Crippen molar-refractivity contribution in [3.63, 3.8) is 0 Å². The molecule has 0 bridgehead atoms. The number of rotatable bonds is 4. The van der Waals surface area contributed by atoms with Crippen LogP contribution in [0.5, 0.6) is 0 Å². The van der Waals surface area contributed by atoms with Gasteiger partial charge in [0.2, 0.25) is 0 Å². The van der Waals surface area contributed by atoms with Crippen molar-refractivity contribution in [1.29, 1.82) is 0 Å². The van der Waals surface area contributed by atoms with Crippen molar-refractivity contribution < 1.29 is 0 Å². The van der Waals surface area contributed by atoms with Gasteiger partial charge in [0.05, 0.1) is 0 Å². The lowest BCUT2D eigenvalue weighted by Crippen LogP contribution is -2.36. The fourth-order valence-electron chi connectivity index (χ4n) is 2.07. The maximum atomic E-state index is 3.54. The van der Waals surface area contributed by atoms with Gasteiger partial charge in [0.15, 0.2) is 0 Å². The third kappa shape index (κ3) is 2.71. The molecule has 0 aromatic heterocycles. The van der Waals surface area contributed by atoms with Gasteiger partial charge in [0.25, 0.3) is 0 Å². The minimum atomic E-state index is 0.517. The normalized spacial score (nSPS) is 33.2. The molecule has 1 N–H and O–H groups in total. The van der Waals surface area contributed by atoms with Crippen LogP contribution in [-0.4, -0.2) is 37.1 Å². The van der Waals surface area contributed by atoms with Gasteiger partial charge in [-0.15, -0.1) is 0 Å². The SMILES string of the molecule is CC(C)N(C)CCC1(C)CCNC1C. The molecule has 0 aromatic carbocycles. The Hall–Kier alpha value is -0.0800. The first-order valence-electron chi connectivity index (χ1n) is 5.89. The molecule has 0 aliphatic carbocycles. The van der Waals surface area contributed by atoms with Crippen LogP contribution in [0.1, 0.15) is 40.5 Å². The lowest BCUT2D eigenvalue weighted by molar-refractivity contribution is 0.194. The Balaban J connectivity index is 2.36. The van der Waals surface area contributed by atoms with E-state index in [1.54, 1.807) is 0 Å². The highest BCUT2D eigenvalue weighted by Crippen LogP contribution is 2.34. The summed E-state index contributed by atoms with van der Waals surface area (Å²) in [7, 11) is 2.22. The van der Waals surface area contributed by atoms with E-state index in [0.717, 1.165) is 0 Å². The first-order valence-corrected chi connectivity index (χ1v) is 5.89. The van der Waals surface area contributed by atoms with Crippen LogP contribution in [0.3, 0.4) is 0 Å². The molecule has 1 fully saturated rings. The molecule has 2 nitrogen and oxygen atoms in total. The van der Waals surface area contributed by atoms with Gasteiger partial charge in [0, 0.05) is 12.1 Å². The maximum Gasteiger partial charge on any atom is 0.00935 e. The molecule has 0 spiro atoms. The van der Waals surface area contributed by atoms with Crippen LogP contribution >= 0.6 is 0 Å². The average molecular weight is 198 g/mol. The van der Waals surface area contributed by atoms with Crippen molar-refractivity contribution in [2.45, 2.75) is 52.6 Å². The summed E-state index contributed by atoms with van der Waals surface area (Å²) in [6, 6.07) is 1.35. The molecule has 0 radical (unpaired) electrons. The summed E-state index contributed by atoms with van der Waals surface area (Å²) < 4.78 is 0. The summed E-state index contributed by atoms with van der Waals surface area (Å²) in [5.74, 6) is 0. The third-order valence-corrected chi connectivity index (χ3v) is 4.11. The summed E-state index contributed by atoms with van der Waals surface area (Å²) in [5, 5.41) is 3.54. The van der Waals surface area contributed by atoms with E-state index in [0.29, 0.717) is 17.5 Å². The standard InChI is InChI=1S/C12H26N2/c1-10(2)14(5)9-7-12(4)6-8-13-11(12)3/h10-11,13H,6-9H2,1-5H3. The number of hydrogen-bond acceptors (Lipinski definition) is 2. The Bertz CT molecular complexity index is 179. The molecule has 84 valence electrons. The fourth-order valence-corrected chi connectivity index (χ4v) is 2.07. The highest BCUT2D eigenvalue weighted by molar-refractivity contribution is 4.91. The predicted molar refractivity (Wildman–Crippen MR) is 62.6 cm³/mol. The number of hydrogen-bond donors (Lipinski definition) is 1. The van der Waals surface area contributed by atoms with Crippen molar-refractivity contribution in [3.8, 4) is 0 Å². The maximum absolute atomic E-state index is 3.54. The third-order valence-electron chi connectivity index (χ3n) is 4.11.